The van der Waals surface area contributed by atoms with Gasteiger partial charge in [-0.25, -0.2) is 12.8 Å². The minimum atomic E-state index is -3.99. The number of nitrogens with one attached hydrogen (secondary N) is 1. The first-order valence-corrected chi connectivity index (χ1v) is 7.35. The van der Waals surface area contributed by atoms with Crippen LogP contribution in [-0.4, -0.2) is 13.4 Å². The van der Waals surface area contributed by atoms with Crippen LogP contribution in [-0.2, 0) is 10.0 Å². The van der Waals surface area contributed by atoms with Crippen LogP contribution in [0.5, 0.6) is 0 Å². The number of nitrogens with two attached hydrogens (primary N) is 1. The smallest absolute Gasteiger partial charge is 0.262 e. The van der Waals surface area contributed by atoms with Crippen molar-refractivity contribution in [3.05, 3.63) is 47.0 Å². The fourth-order valence-electron chi connectivity index (χ4n) is 1.61. The highest BCUT2D eigenvalue weighted by Gasteiger charge is 2.20. The van der Waals surface area contributed by atoms with Crippen molar-refractivity contribution in [1.29, 1.82) is 0 Å². The number of hydrogen-bond acceptors (Lipinski definition) is 4. The molecule has 0 saturated carbocycles. The molecule has 1 aromatic carbocycles. The molecule has 1 aromatic heterocycles. The van der Waals surface area contributed by atoms with Crippen molar-refractivity contribution in [3.63, 3.8) is 0 Å². The highest BCUT2D eigenvalue weighted by Crippen LogP contribution is 2.27. The predicted molar refractivity (Wildman–Crippen MR) is 75.6 cm³/mol. The van der Waals surface area contributed by atoms with Crippen molar-refractivity contribution < 1.29 is 12.8 Å². The number of pyridine rings is 1. The fraction of sp³-hybridized carbons (Fsp3) is 0.0833. The van der Waals surface area contributed by atoms with Crippen LogP contribution in [0, 0.1) is 12.7 Å². The lowest BCUT2D eigenvalue weighted by Crippen LogP contribution is -2.16. The average Bonchev–Trinajstić information content (AvgIpc) is 2.36. The Labute approximate surface area is 120 Å². The van der Waals surface area contributed by atoms with E-state index in [4.69, 9.17) is 17.3 Å². The van der Waals surface area contributed by atoms with Gasteiger partial charge < -0.3 is 5.73 Å². The van der Waals surface area contributed by atoms with Crippen LogP contribution >= 0.6 is 11.6 Å². The molecule has 106 valence electrons. The number of sulfonamides is 1. The van der Waals surface area contributed by atoms with Gasteiger partial charge in [0, 0.05) is 16.9 Å². The van der Waals surface area contributed by atoms with E-state index in [1.807, 2.05) is 0 Å². The van der Waals surface area contributed by atoms with E-state index in [1.54, 1.807) is 6.92 Å². The number of hydrogen-bond donors (Lipinski definition) is 2. The Balaban J connectivity index is 2.49. The minimum Gasteiger partial charge on any atom is -0.398 e. The molecule has 0 aliphatic carbocycles. The monoisotopic (exact) mass is 315 g/mol. The van der Waals surface area contributed by atoms with E-state index in [9.17, 15) is 12.8 Å². The van der Waals surface area contributed by atoms with Gasteiger partial charge in [0.15, 0.2) is 5.82 Å². The summed E-state index contributed by atoms with van der Waals surface area (Å²) in [5.41, 5.74) is 6.07. The number of aromatic nitrogens is 1. The Bertz CT molecular complexity index is 765. The zero-order valence-corrected chi connectivity index (χ0v) is 12.0. The maximum Gasteiger partial charge on any atom is 0.262 e. The molecule has 0 spiro atoms. The molecule has 8 heteroatoms. The van der Waals surface area contributed by atoms with Crippen molar-refractivity contribution in [1.82, 2.24) is 4.98 Å². The first kappa shape index (κ1) is 14.5. The van der Waals surface area contributed by atoms with Crippen LogP contribution in [0.1, 0.15) is 5.56 Å². The molecule has 0 atom stereocenters. The molecule has 0 amide bonds. The molecule has 0 aliphatic heterocycles. The van der Waals surface area contributed by atoms with Crippen LogP contribution in [0.4, 0.5) is 15.8 Å². The van der Waals surface area contributed by atoms with E-state index in [1.165, 1.54) is 24.4 Å². The number of halogens is 2. The van der Waals surface area contributed by atoms with Crippen LogP contribution < -0.4 is 10.5 Å². The molecular formula is C12H11ClFN3O2S. The maximum absolute atomic E-state index is 13.5. The van der Waals surface area contributed by atoms with Crippen LogP contribution in [0.3, 0.4) is 0 Å². The molecule has 0 saturated heterocycles. The predicted octanol–water partition coefficient (Wildman–Crippen LogP) is 2.57. The third-order valence-electron chi connectivity index (χ3n) is 2.67. The van der Waals surface area contributed by atoms with E-state index < -0.39 is 15.8 Å². The van der Waals surface area contributed by atoms with Gasteiger partial charge in [-0.15, -0.1) is 0 Å². The summed E-state index contributed by atoms with van der Waals surface area (Å²) >= 11 is 5.81. The van der Waals surface area contributed by atoms with E-state index in [0.29, 0.717) is 5.56 Å². The number of nitrogens with zero attached hydrogens (tertiary/aromatic N) is 1. The topological polar surface area (TPSA) is 85.1 Å². The molecule has 0 radical (unpaired) electrons. The minimum absolute atomic E-state index is 0.0984. The molecule has 0 fully saturated rings. The summed E-state index contributed by atoms with van der Waals surface area (Å²) in [5, 5.41) is 0.184. The van der Waals surface area contributed by atoms with E-state index in [2.05, 4.69) is 9.71 Å². The lowest BCUT2D eigenvalue weighted by molar-refractivity contribution is 0.597. The summed E-state index contributed by atoms with van der Waals surface area (Å²) in [6.07, 6.45) is 2.19. The normalized spacial score (nSPS) is 11.3. The van der Waals surface area contributed by atoms with Crippen LogP contribution in [0.25, 0.3) is 0 Å². The Morgan fingerprint density at radius 1 is 1.40 bits per heavy atom. The number of anilines is 2. The molecule has 0 bridgehead atoms. The van der Waals surface area contributed by atoms with Crippen LogP contribution in [0.15, 0.2) is 35.5 Å². The van der Waals surface area contributed by atoms with E-state index in [-0.39, 0.29) is 21.3 Å². The fourth-order valence-corrected chi connectivity index (χ4v) is 3.27. The summed E-state index contributed by atoms with van der Waals surface area (Å²) in [4.78, 5) is 3.44. The molecule has 0 aliphatic rings. The van der Waals surface area contributed by atoms with Crippen molar-refractivity contribution in [3.8, 4) is 0 Å². The summed E-state index contributed by atoms with van der Waals surface area (Å²) in [6, 6.07) is 3.92. The van der Waals surface area contributed by atoms with Crippen molar-refractivity contribution >= 4 is 33.0 Å². The first-order valence-electron chi connectivity index (χ1n) is 5.49. The quantitative estimate of drug-likeness (QED) is 0.852. The molecule has 1 heterocycles. The Hall–Kier alpha value is -1.86. The zero-order chi connectivity index (χ0) is 14.9. The molecule has 2 aromatic rings. The number of nitrogen functional groups attached to an aromatic ring is 1. The molecule has 5 nitrogen and oxygen atoms in total. The van der Waals surface area contributed by atoms with Gasteiger partial charge in [-0.1, -0.05) is 11.6 Å². The van der Waals surface area contributed by atoms with Gasteiger partial charge in [0.05, 0.1) is 16.8 Å². The average molecular weight is 316 g/mol. The van der Waals surface area contributed by atoms with Gasteiger partial charge in [0.25, 0.3) is 10.0 Å². The summed E-state index contributed by atoms with van der Waals surface area (Å²) in [7, 11) is -3.99. The maximum atomic E-state index is 13.5. The molecule has 0 unspecified atom stereocenters. The van der Waals surface area contributed by atoms with Gasteiger partial charge in [-0.2, -0.15) is 0 Å². The standard InChI is InChI=1S/C12H11ClFN3O2S/c1-7-10(15)4-8(13)5-12(7)20(18,19)17-11-2-3-16-6-9(11)14/h2-6H,15H2,1H3,(H,16,17). The first-order chi connectivity index (χ1) is 9.31. The molecule has 2 rings (SSSR count). The lowest BCUT2D eigenvalue weighted by atomic mass is 10.2. The summed E-state index contributed by atoms with van der Waals surface area (Å²) in [5.74, 6) is -0.774. The van der Waals surface area contributed by atoms with Crippen molar-refractivity contribution in [2.24, 2.45) is 0 Å². The molecule has 3 N–H and O–H groups in total. The Kier molecular flexibility index (Phi) is 3.82. The van der Waals surface area contributed by atoms with E-state index >= 15 is 0 Å². The SMILES string of the molecule is Cc1c(N)cc(Cl)cc1S(=O)(=O)Nc1ccncc1F. The van der Waals surface area contributed by atoms with Gasteiger partial charge in [-0.3, -0.25) is 9.71 Å². The number of rotatable bonds is 3. The summed E-state index contributed by atoms with van der Waals surface area (Å²) < 4.78 is 40.1. The Morgan fingerprint density at radius 2 is 2.10 bits per heavy atom. The second kappa shape index (κ2) is 5.26. The second-order valence-corrected chi connectivity index (χ2v) is 6.17. The third kappa shape index (κ3) is 2.83. The largest absolute Gasteiger partial charge is 0.398 e. The lowest BCUT2D eigenvalue weighted by Gasteiger charge is -2.12. The zero-order valence-electron chi connectivity index (χ0n) is 10.4. The Morgan fingerprint density at radius 3 is 2.75 bits per heavy atom. The highest BCUT2D eigenvalue weighted by molar-refractivity contribution is 7.92. The third-order valence-corrected chi connectivity index (χ3v) is 4.38. The number of benzene rings is 1. The van der Waals surface area contributed by atoms with Gasteiger partial charge in [0.2, 0.25) is 0 Å². The van der Waals surface area contributed by atoms with Crippen molar-refractivity contribution in [2.45, 2.75) is 11.8 Å². The van der Waals surface area contributed by atoms with Crippen molar-refractivity contribution in [2.75, 3.05) is 10.5 Å². The van der Waals surface area contributed by atoms with Gasteiger partial charge >= 0.3 is 0 Å². The highest BCUT2D eigenvalue weighted by atomic mass is 35.5. The van der Waals surface area contributed by atoms with Gasteiger partial charge in [-0.05, 0) is 30.7 Å². The van der Waals surface area contributed by atoms with Crippen LogP contribution in [0.2, 0.25) is 5.02 Å². The summed E-state index contributed by atoms with van der Waals surface area (Å²) in [6.45, 7) is 1.54. The van der Waals surface area contributed by atoms with E-state index in [0.717, 1.165) is 6.20 Å². The molecule has 20 heavy (non-hydrogen) atoms. The second-order valence-electron chi connectivity index (χ2n) is 4.08. The molecular weight excluding hydrogens is 305 g/mol. The van der Waals surface area contributed by atoms with Gasteiger partial charge in [0.1, 0.15) is 0 Å².